The normalized spacial score (nSPS) is 13.8. The zero-order valence-corrected chi connectivity index (χ0v) is 20.3. The summed E-state index contributed by atoms with van der Waals surface area (Å²) in [4.78, 5) is 39.6. The zero-order valence-electron chi connectivity index (χ0n) is 20.3. The maximum absolute atomic E-state index is 13.6. The summed E-state index contributed by atoms with van der Waals surface area (Å²) in [6, 6.07) is 26.0. The van der Waals surface area contributed by atoms with Gasteiger partial charge in [0.15, 0.2) is 0 Å². The van der Waals surface area contributed by atoms with Crippen LogP contribution in [-0.2, 0) is 9.53 Å². The lowest BCUT2D eigenvalue weighted by Gasteiger charge is -2.35. The van der Waals surface area contributed by atoms with Gasteiger partial charge in [-0.15, -0.1) is 0 Å². The van der Waals surface area contributed by atoms with E-state index in [1.54, 1.807) is 31.2 Å². The van der Waals surface area contributed by atoms with E-state index in [0.29, 0.717) is 37.2 Å². The minimum Gasteiger partial charge on any atom is -0.434 e. The Bertz CT molecular complexity index is 1120. The van der Waals surface area contributed by atoms with E-state index in [1.165, 1.54) is 0 Å². The largest absolute Gasteiger partial charge is 0.513 e. The van der Waals surface area contributed by atoms with Gasteiger partial charge in [-0.2, -0.15) is 0 Å². The first-order valence-corrected chi connectivity index (χ1v) is 12.2. The third kappa shape index (κ3) is 6.30. The highest BCUT2D eigenvalue weighted by Crippen LogP contribution is 2.28. The molecule has 0 saturated carbocycles. The van der Waals surface area contributed by atoms with E-state index in [-0.39, 0.29) is 30.4 Å². The number of rotatable bonds is 7. The van der Waals surface area contributed by atoms with Crippen molar-refractivity contribution in [2.45, 2.75) is 31.7 Å². The third-order valence-corrected chi connectivity index (χ3v) is 6.23. The standard InChI is InChI=1S/C29H30N2O5/c1-2-35-29(34)36-25-15-13-23(14-16-25)27(32)30-24-17-19-31(20-18-24)28(33)26(21-9-5-3-6-10-21)22-11-7-4-8-12-22/h3-16,24,26H,2,17-20H2,1H3,(H,30,32). The number of likely N-dealkylation sites (tertiary alicyclic amines) is 1. The fourth-order valence-corrected chi connectivity index (χ4v) is 4.38. The molecule has 1 aliphatic rings. The molecular weight excluding hydrogens is 456 g/mol. The average Bonchev–Trinajstić information content (AvgIpc) is 2.91. The fourth-order valence-electron chi connectivity index (χ4n) is 4.38. The molecule has 4 rings (SSSR count). The van der Waals surface area contributed by atoms with E-state index < -0.39 is 6.16 Å². The molecule has 0 bridgehead atoms. The summed E-state index contributed by atoms with van der Waals surface area (Å²) in [5, 5.41) is 3.06. The first-order chi connectivity index (χ1) is 17.5. The Hall–Kier alpha value is -4.13. The Morgan fingerprint density at radius 1 is 0.861 bits per heavy atom. The second-order valence-corrected chi connectivity index (χ2v) is 8.64. The molecule has 0 radical (unpaired) electrons. The van der Waals surface area contributed by atoms with Gasteiger partial charge in [-0.1, -0.05) is 60.7 Å². The lowest BCUT2D eigenvalue weighted by Crippen LogP contribution is -2.47. The van der Waals surface area contributed by atoms with Crippen LogP contribution < -0.4 is 10.1 Å². The maximum atomic E-state index is 13.6. The molecule has 1 heterocycles. The highest BCUT2D eigenvalue weighted by molar-refractivity contribution is 5.94. The lowest BCUT2D eigenvalue weighted by molar-refractivity contribution is -0.132. The van der Waals surface area contributed by atoms with Gasteiger partial charge < -0.3 is 19.7 Å². The van der Waals surface area contributed by atoms with Crippen LogP contribution in [0.25, 0.3) is 0 Å². The quantitative estimate of drug-likeness (QED) is 0.384. The molecule has 0 spiro atoms. The lowest BCUT2D eigenvalue weighted by atomic mass is 9.89. The van der Waals surface area contributed by atoms with E-state index in [9.17, 15) is 14.4 Å². The smallest absolute Gasteiger partial charge is 0.434 e. The van der Waals surface area contributed by atoms with Gasteiger partial charge in [-0.05, 0) is 55.2 Å². The highest BCUT2D eigenvalue weighted by Gasteiger charge is 2.30. The Morgan fingerprint density at radius 2 is 1.42 bits per heavy atom. The molecule has 186 valence electrons. The van der Waals surface area contributed by atoms with Crippen LogP contribution in [-0.4, -0.2) is 48.6 Å². The summed E-state index contributed by atoms with van der Waals surface area (Å²) >= 11 is 0. The molecule has 0 atom stereocenters. The van der Waals surface area contributed by atoms with Gasteiger partial charge in [-0.3, -0.25) is 9.59 Å². The molecule has 0 unspecified atom stereocenters. The topological polar surface area (TPSA) is 84.9 Å². The molecule has 7 nitrogen and oxygen atoms in total. The molecule has 7 heteroatoms. The third-order valence-electron chi connectivity index (χ3n) is 6.23. The molecule has 1 fully saturated rings. The van der Waals surface area contributed by atoms with Gasteiger partial charge in [-0.25, -0.2) is 4.79 Å². The molecule has 0 aromatic heterocycles. The predicted octanol–water partition coefficient (Wildman–Crippen LogP) is 4.77. The number of ether oxygens (including phenoxy) is 2. The van der Waals surface area contributed by atoms with Gasteiger partial charge in [0.05, 0.1) is 12.5 Å². The van der Waals surface area contributed by atoms with E-state index in [1.807, 2.05) is 65.6 Å². The Kier molecular flexibility index (Phi) is 8.34. The summed E-state index contributed by atoms with van der Waals surface area (Å²) < 4.78 is 9.77. The van der Waals surface area contributed by atoms with E-state index in [0.717, 1.165) is 11.1 Å². The van der Waals surface area contributed by atoms with Gasteiger partial charge in [0.2, 0.25) is 5.91 Å². The van der Waals surface area contributed by atoms with Crippen molar-refractivity contribution in [2.75, 3.05) is 19.7 Å². The number of carbonyl (C=O) groups is 3. The zero-order chi connectivity index (χ0) is 25.3. The van der Waals surface area contributed by atoms with Gasteiger partial charge >= 0.3 is 6.16 Å². The molecule has 1 N–H and O–H groups in total. The number of piperidine rings is 1. The second-order valence-electron chi connectivity index (χ2n) is 8.64. The Morgan fingerprint density at radius 3 is 1.94 bits per heavy atom. The Labute approximate surface area is 211 Å². The number of hydrogen-bond acceptors (Lipinski definition) is 5. The SMILES string of the molecule is CCOC(=O)Oc1ccc(C(=O)NC2CCN(C(=O)C(c3ccccc3)c3ccccc3)CC2)cc1. The summed E-state index contributed by atoms with van der Waals surface area (Å²) in [7, 11) is 0. The van der Waals surface area contributed by atoms with Crippen LogP contribution in [0, 0.1) is 0 Å². The fraction of sp³-hybridized carbons (Fsp3) is 0.276. The number of nitrogens with zero attached hydrogens (tertiary/aromatic N) is 1. The predicted molar refractivity (Wildman–Crippen MR) is 136 cm³/mol. The average molecular weight is 487 g/mol. The van der Waals surface area contributed by atoms with Crippen molar-refractivity contribution in [3.63, 3.8) is 0 Å². The number of benzene rings is 3. The minimum absolute atomic E-state index is 0.0242. The van der Waals surface area contributed by atoms with Crippen molar-refractivity contribution >= 4 is 18.0 Å². The van der Waals surface area contributed by atoms with Crippen molar-refractivity contribution in [2.24, 2.45) is 0 Å². The van der Waals surface area contributed by atoms with Crippen molar-refractivity contribution in [3.8, 4) is 5.75 Å². The maximum Gasteiger partial charge on any atom is 0.513 e. The summed E-state index contributed by atoms with van der Waals surface area (Å²) in [5.41, 5.74) is 2.41. The first-order valence-electron chi connectivity index (χ1n) is 12.2. The first kappa shape index (κ1) is 25.0. The number of nitrogens with one attached hydrogen (secondary N) is 1. The molecule has 3 aromatic carbocycles. The van der Waals surface area contributed by atoms with E-state index in [2.05, 4.69) is 5.32 Å². The van der Waals surface area contributed by atoms with Gasteiger partial charge in [0.25, 0.3) is 5.91 Å². The molecule has 3 aromatic rings. The van der Waals surface area contributed by atoms with Crippen LogP contribution in [0.3, 0.4) is 0 Å². The van der Waals surface area contributed by atoms with Crippen molar-refractivity contribution in [1.82, 2.24) is 10.2 Å². The second kappa shape index (κ2) is 12.0. The summed E-state index contributed by atoms with van der Waals surface area (Å²) in [6.45, 7) is 3.07. The number of amides is 2. The molecule has 1 saturated heterocycles. The van der Waals surface area contributed by atoms with Crippen molar-refractivity contribution in [3.05, 3.63) is 102 Å². The minimum atomic E-state index is -0.780. The molecule has 36 heavy (non-hydrogen) atoms. The van der Waals surface area contributed by atoms with Crippen LogP contribution in [0.2, 0.25) is 0 Å². The number of hydrogen-bond donors (Lipinski definition) is 1. The number of carbonyl (C=O) groups excluding carboxylic acids is 3. The van der Waals surface area contributed by atoms with Crippen molar-refractivity contribution in [1.29, 1.82) is 0 Å². The molecule has 0 aliphatic carbocycles. The highest BCUT2D eigenvalue weighted by atomic mass is 16.7. The van der Waals surface area contributed by atoms with E-state index >= 15 is 0 Å². The van der Waals surface area contributed by atoms with Crippen LogP contribution >= 0.6 is 0 Å². The molecule has 1 aliphatic heterocycles. The van der Waals surface area contributed by atoms with Crippen LogP contribution in [0.15, 0.2) is 84.9 Å². The molecular formula is C29H30N2O5. The molecule has 2 amide bonds. The van der Waals surface area contributed by atoms with Gasteiger partial charge in [0.1, 0.15) is 5.75 Å². The van der Waals surface area contributed by atoms with Crippen molar-refractivity contribution < 1.29 is 23.9 Å². The monoisotopic (exact) mass is 486 g/mol. The Balaban J connectivity index is 1.34. The summed E-state index contributed by atoms with van der Waals surface area (Å²) in [6.07, 6.45) is 0.577. The van der Waals surface area contributed by atoms with Gasteiger partial charge in [0, 0.05) is 24.7 Å². The van der Waals surface area contributed by atoms with Crippen LogP contribution in [0.1, 0.15) is 47.2 Å². The van der Waals surface area contributed by atoms with Crippen LogP contribution in [0.5, 0.6) is 5.75 Å². The van der Waals surface area contributed by atoms with E-state index in [4.69, 9.17) is 9.47 Å². The summed E-state index contributed by atoms with van der Waals surface area (Å²) in [5.74, 6) is -0.166. The van der Waals surface area contributed by atoms with Crippen LogP contribution in [0.4, 0.5) is 4.79 Å².